The molecule has 3 fully saturated rings. The van der Waals surface area contributed by atoms with Crippen LogP contribution in [0, 0.1) is 29.6 Å². The van der Waals surface area contributed by atoms with Crippen LogP contribution in [-0.2, 0) is 14.4 Å². The number of amides is 2. The van der Waals surface area contributed by atoms with Crippen LogP contribution >= 0.6 is 11.6 Å². The van der Waals surface area contributed by atoms with Crippen LogP contribution in [0.3, 0.4) is 0 Å². The maximum absolute atomic E-state index is 13.4. The van der Waals surface area contributed by atoms with E-state index >= 15 is 0 Å². The van der Waals surface area contributed by atoms with Gasteiger partial charge < -0.3 is 9.57 Å². The molecule has 2 aromatic carbocycles. The van der Waals surface area contributed by atoms with E-state index in [0.717, 1.165) is 17.7 Å². The summed E-state index contributed by atoms with van der Waals surface area (Å²) in [4.78, 5) is 33.9. The largest absolute Gasteiger partial charge is 0.497 e. The first-order chi connectivity index (χ1) is 14.6. The third kappa shape index (κ3) is 2.28. The number of oxime groups is 1. The molecule has 6 atom stereocenters. The molecule has 0 spiro atoms. The highest BCUT2D eigenvalue weighted by atomic mass is 35.5. The molecule has 0 N–H and O–H groups in total. The fraction of sp³-hybridized carbons (Fsp3) is 0.348. The van der Waals surface area contributed by atoms with Crippen LogP contribution in [0.25, 0.3) is 0 Å². The number of methoxy groups -OCH3 is 1. The third-order valence-corrected chi connectivity index (χ3v) is 7.41. The van der Waals surface area contributed by atoms with Gasteiger partial charge in [-0.15, -0.1) is 0 Å². The highest BCUT2D eigenvalue weighted by molar-refractivity contribution is 6.30. The van der Waals surface area contributed by atoms with E-state index in [-0.39, 0.29) is 47.5 Å². The second kappa shape index (κ2) is 6.32. The van der Waals surface area contributed by atoms with Gasteiger partial charge in [-0.2, -0.15) is 0 Å². The van der Waals surface area contributed by atoms with Gasteiger partial charge in [-0.1, -0.05) is 28.9 Å². The predicted octanol–water partition coefficient (Wildman–Crippen LogP) is 3.52. The number of carbonyl (C=O) groups is 2. The number of anilines is 1. The van der Waals surface area contributed by atoms with Crippen LogP contribution in [0.15, 0.2) is 53.7 Å². The summed E-state index contributed by atoms with van der Waals surface area (Å²) in [5.74, 6) is -0.0847. The first-order valence-corrected chi connectivity index (χ1v) is 10.5. The van der Waals surface area contributed by atoms with Crippen LogP contribution in [0.4, 0.5) is 5.69 Å². The molecular weight excluding hydrogens is 404 g/mol. The Morgan fingerprint density at radius 2 is 1.63 bits per heavy atom. The molecule has 2 aliphatic heterocycles. The van der Waals surface area contributed by atoms with E-state index in [4.69, 9.17) is 21.2 Å². The van der Waals surface area contributed by atoms with Gasteiger partial charge >= 0.3 is 0 Å². The molecule has 7 heteroatoms. The second-order valence-corrected chi connectivity index (χ2v) is 8.84. The maximum Gasteiger partial charge on any atom is 0.238 e. The molecule has 6 rings (SSSR count). The first kappa shape index (κ1) is 18.0. The Morgan fingerprint density at radius 3 is 2.30 bits per heavy atom. The minimum Gasteiger partial charge on any atom is -0.497 e. The lowest BCUT2D eigenvalue weighted by atomic mass is 9.71. The van der Waals surface area contributed by atoms with E-state index in [1.807, 2.05) is 24.3 Å². The molecular formula is C23H19ClN2O4. The Balaban J connectivity index is 1.33. The summed E-state index contributed by atoms with van der Waals surface area (Å²) in [6.45, 7) is 0. The van der Waals surface area contributed by atoms with Crippen LogP contribution in [0.5, 0.6) is 5.75 Å². The van der Waals surface area contributed by atoms with Crippen molar-refractivity contribution >= 4 is 34.8 Å². The summed E-state index contributed by atoms with van der Waals surface area (Å²) in [6.07, 6.45) is 0.681. The Kier molecular flexibility index (Phi) is 3.78. The van der Waals surface area contributed by atoms with E-state index in [9.17, 15) is 9.59 Å². The molecule has 152 valence electrons. The zero-order chi connectivity index (χ0) is 20.6. The van der Waals surface area contributed by atoms with Crippen molar-refractivity contribution in [1.29, 1.82) is 0 Å². The van der Waals surface area contributed by atoms with Crippen molar-refractivity contribution in [2.75, 3.05) is 12.0 Å². The van der Waals surface area contributed by atoms with Crippen molar-refractivity contribution in [3.8, 4) is 5.75 Å². The first-order valence-electron chi connectivity index (χ1n) is 10.1. The number of benzene rings is 2. The molecule has 2 aliphatic carbocycles. The van der Waals surface area contributed by atoms with E-state index in [0.29, 0.717) is 16.5 Å². The number of halogens is 1. The van der Waals surface area contributed by atoms with Crippen LogP contribution in [0.2, 0.25) is 5.02 Å². The monoisotopic (exact) mass is 422 g/mol. The lowest BCUT2D eigenvalue weighted by Crippen LogP contribution is -2.41. The van der Waals surface area contributed by atoms with Crippen molar-refractivity contribution in [3.05, 3.63) is 59.1 Å². The molecule has 2 saturated carbocycles. The Hall–Kier alpha value is -2.86. The molecule has 0 unspecified atom stereocenters. The van der Waals surface area contributed by atoms with Crippen LogP contribution in [-0.4, -0.2) is 30.7 Å². The zero-order valence-electron chi connectivity index (χ0n) is 16.2. The molecule has 2 bridgehead atoms. The minimum atomic E-state index is -0.328. The average Bonchev–Trinajstić information content (AvgIpc) is 3.49. The topological polar surface area (TPSA) is 68.2 Å². The summed E-state index contributed by atoms with van der Waals surface area (Å²) in [5, 5.41) is 5.02. The quantitative estimate of drug-likeness (QED) is 0.710. The molecule has 2 heterocycles. The van der Waals surface area contributed by atoms with E-state index in [1.165, 1.54) is 4.90 Å². The molecule has 4 aliphatic rings. The highest BCUT2D eigenvalue weighted by Gasteiger charge is 2.70. The summed E-state index contributed by atoms with van der Waals surface area (Å²) < 4.78 is 5.19. The summed E-state index contributed by atoms with van der Waals surface area (Å²) in [7, 11) is 1.59. The molecule has 6 nitrogen and oxygen atoms in total. The summed E-state index contributed by atoms with van der Waals surface area (Å²) in [6, 6.07) is 14.6. The third-order valence-electron chi connectivity index (χ3n) is 7.16. The van der Waals surface area contributed by atoms with Gasteiger partial charge in [-0.25, -0.2) is 0 Å². The highest BCUT2D eigenvalue weighted by Crippen LogP contribution is 2.62. The molecule has 0 aromatic heterocycles. The lowest BCUT2D eigenvalue weighted by molar-refractivity contribution is -0.125. The number of carbonyl (C=O) groups excluding carboxylic acids is 2. The van der Waals surface area contributed by atoms with E-state index in [2.05, 4.69) is 5.16 Å². The second-order valence-electron chi connectivity index (χ2n) is 8.40. The van der Waals surface area contributed by atoms with Crippen molar-refractivity contribution < 1.29 is 19.2 Å². The lowest BCUT2D eigenvalue weighted by Gasteiger charge is -2.29. The number of nitrogens with zero attached hydrogens (tertiary/aromatic N) is 2. The molecule has 30 heavy (non-hydrogen) atoms. The number of imide groups is 1. The van der Waals surface area contributed by atoms with Gasteiger partial charge in [-0.3, -0.25) is 14.5 Å². The smallest absolute Gasteiger partial charge is 0.238 e. The number of ether oxygens (including phenoxy) is 1. The average molecular weight is 423 g/mol. The van der Waals surface area contributed by atoms with Gasteiger partial charge in [0, 0.05) is 16.9 Å². The van der Waals surface area contributed by atoms with Crippen molar-refractivity contribution in [3.63, 3.8) is 0 Å². The molecule has 1 saturated heterocycles. The maximum atomic E-state index is 13.4. The van der Waals surface area contributed by atoms with Gasteiger partial charge in [0.25, 0.3) is 0 Å². The summed E-state index contributed by atoms with van der Waals surface area (Å²) in [5.41, 5.74) is 2.42. The number of hydrogen-bond donors (Lipinski definition) is 0. The number of hydrogen-bond acceptors (Lipinski definition) is 5. The molecule has 2 amide bonds. The zero-order valence-corrected chi connectivity index (χ0v) is 17.0. The van der Waals surface area contributed by atoms with Gasteiger partial charge in [-0.05, 0) is 54.3 Å². The molecule has 0 radical (unpaired) electrons. The fourth-order valence-corrected chi connectivity index (χ4v) is 6.10. The van der Waals surface area contributed by atoms with Gasteiger partial charge in [0.05, 0.1) is 30.3 Å². The van der Waals surface area contributed by atoms with Gasteiger partial charge in [0.2, 0.25) is 11.8 Å². The number of rotatable bonds is 3. The fourth-order valence-electron chi connectivity index (χ4n) is 5.97. The molecule has 2 aromatic rings. The van der Waals surface area contributed by atoms with Crippen molar-refractivity contribution in [1.82, 2.24) is 0 Å². The van der Waals surface area contributed by atoms with E-state index < -0.39 is 0 Å². The van der Waals surface area contributed by atoms with Crippen molar-refractivity contribution in [2.24, 2.45) is 34.7 Å². The van der Waals surface area contributed by atoms with Crippen molar-refractivity contribution in [2.45, 2.75) is 12.5 Å². The minimum absolute atomic E-state index is 0.0123. The summed E-state index contributed by atoms with van der Waals surface area (Å²) >= 11 is 6.03. The predicted molar refractivity (Wildman–Crippen MR) is 110 cm³/mol. The Labute approximate surface area is 178 Å². The van der Waals surface area contributed by atoms with Crippen LogP contribution in [0.1, 0.15) is 12.0 Å². The standard InChI is InChI=1S/C23H19ClN2O4/c1-29-14-8-6-13(7-9-14)26-22(27)17-15-10-16(18(17)23(26)28)21-19(15)20(25-30-21)11-2-4-12(24)5-3-11/h2-9,15-19,21H,10H2,1H3/t15-,16-,17-,18-,19-,21+/m0/s1. The normalized spacial score (nSPS) is 33.4. The van der Waals surface area contributed by atoms with Crippen LogP contribution < -0.4 is 9.64 Å². The van der Waals surface area contributed by atoms with E-state index in [1.54, 1.807) is 31.4 Å². The Morgan fingerprint density at radius 1 is 0.967 bits per heavy atom. The van der Waals surface area contributed by atoms with Gasteiger partial charge in [0.15, 0.2) is 0 Å². The van der Waals surface area contributed by atoms with Gasteiger partial charge in [0.1, 0.15) is 11.9 Å². The number of fused-ring (bicyclic) bond motifs is 8. The SMILES string of the molecule is COc1ccc(N2C(=O)[C@H]3[C@@H]4C[C@H]([C@H]5C(c6ccc(Cl)cc6)=NO[C@H]45)[C@@H]3C2=O)cc1. The Bertz CT molecular complexity index is 1080.